The van der Waals surface area contributed by atoms with Crippen LogP contribution in [0.5, 0.6) is 0 Å². The van der Waals surface area contributed by atoms with E-state index in [0.717, 1.165) is 38.5 Å². The Labute approximate surface area is 143 Å². The Morgan fingerprint density at radius 3 is 2.38 bits per heavy atom. The normalized spacial score (nSPS) is 22.0. The molecular weight excluding hydrogens is 330 g/mol. The molecule has 0 aromatic carbocycles. The Hall–Kier alpha value is -1.38. The number of furan rings is 1. The fourth-order valence-electron chi connectivity index (χ4n) is 3.44. The van der Waals surface area contributed by atoms with Gasteiger partial charge in [0.05, 0.1) is 19.1 Å². The van der Waals surface area contributed by atoms with Crippen LogP contribution in [0.3, 0.4) is 0 Å². The molecule has 24 heavy (non-hydrogen) atoms. The van der Waals surface area contributed by atoms with Gasteiger partial charge in [0.25, 0.3) is 0 Å². The van der Waals surface area contributed by atoms with E-state index in [0.29, 0.717) is 25.9 Å². The van der Waals surface area contributed by atoms with Gasteiger partial charge in [-0.1, -0.05) is 0 Å². The van der Waals surface area contributed by atoms with Crippen LogP contribution >= 0.6 is 0 Å². The second-order valence-electron chi connectivity index (χ2n) is 6.62. The van der Waals surface area contributed by atoms with E-state index in [2.05, 4.69) is 4.90 Å². The van der Waals surface area contributed by atoms with E-state index < -0.39 is 10.0 Å². The Balaban J connectivity index is 1.46. The van der Waals surface area contributed by atoms with Crippen molar-refractivity contribution in [2.24, 2.45) is 5.92 Å². The summed E-state index contributed by atoms with van der Waals surface area (Å²) in [4.78, 5) is 16.9. The molecule has 0 saturated carbocycles. The quantitative estimate of drug-likeness (QED) is 0.791. The molecule has 0 radical (unpaired) electrons. The third kappa shape index (κ3) is 4.17. The second-order valence-corrected chi connectivity index (χ2v) is 8.60. The maximum absolute atomic E-state index is 12.7. The van der Waals surface area contributed by atoms with E-state index in [4.69, 9.17) is 4.42 Å². The van der Waals surface area contributed by atoms with Crippen LogP contribution in [0, 0.1) is 5.92 Å². The number of amides is 1. The van der Waals surface area contributed by atoms with Crippen molar-refractivity contribution in [2.75, 3.05) is 45.5 Å². The van der Waals surface area contributed by atoms with Crippen LogP contribution < -0.4 is 0 Å². The van der Waals surface area contributed by atoms with Crippen LogP contribution in [-0.4, -0.2) is 74.0 Å². The number of piperidine rings is 1. The van der Waals surface area contributed by atoms with E-state index in [-0.39, 0.29) is 11.8 Å². The molecule has 134 valence electrons. The minimum Gasteiger partial charge on any atom is -0.468 e. The van der Waals surface area contributed by atoms with Gasteiger partial charge in [0, 0.05) is 45.2 Å². The van der Waals surface area contributed by atoms with E-state index in [1.807, 2.05) is 17.0 Å². The zero-order chi connectivity index (χ0) is 17.2. The number of carbonyl (C=O) groups excluding carboxylic acids is 1. The summed E-state index contributed by atoms with van der Waals surface area (Å²) in [5.74, 6) is 1.09. The van der Waals surface area contributed by atoms with Gasteiger partial charge in [0.15, 0.2) is 0 Å². The predicted octanol–water partition coefficient (Wildman–Crippen LogP) is 0.595. The third-order valence-electron chi connectivity index (χ3n) is 4.92. The smallest absolute Gasteiger partial charge is 0.225 e. The summed E-state index contributed by atoms with van der Waals surface area (Å²) in [6, 6.07) is 3.85. The number of sulfonamides is 1. The predicted molar refractivity (Wildman–Crippen MR) is 89.7 cm³/mol. The largest absolute Gasteiger partial charge is 0.468 e. The van der Waals surface area contributed by atoms with E-state index >= 15 is 0 Å². The van der Waals surface area contributed by atoms with Gasteiger partial charge in [-0.15, -0.1) is 0 Å². The molecule has 1 aromatic heterocycles. The Bertz CT molecular complexity index is 643. The number of carbonyl (C=O) groups is 1. The van der Waals surface area contributed by atoms with E-state index in [1.54, 1.807) is 6.26 Å². The standard InChI is InChI=1S/C16H25N3O4S/c1-24(21,22)19-6-4-14(5-7-19)16(20)18-10-8-17(9-11-18)13-15-3-2-12-23-15/h2-3,12,14H,4-11,13H2,1H3. The van der Waals surface area contributed by atoms with E-state index in [9.17, 15) is 13.2 Å². The molecule has 2 fully saturated rings. The highest BCUT2D eigenvalue weighted by Crippen LogP contribution is 2.22. The van der Waals surface area contributed by atoms with Crippen molar-refractivity contribution in [3.05, 3.63) is 24.2 Å². The lowest BCUT2D eigenvalue weighted by atomic mass is 9.96. The first-order chi connectivity index (χ1) is 11.4. The maximum atomic E-state index is 12.7. The lowest BCUT2D eigenvalue weighted by molar-refractivity contribution is -0.138. The first kappa shape index (κ1) is 17.4. The van der Waals surface area contributed by atoms with Gasteiger partial charge >= 0.3 is 0 Å². The minimum atomic E-state index is -3.14. The number of piperazine rings is 1. The molecule has 0 spiro atoms. The fourth-order valence-corrected chi connectivity index (χ4v) is 4.32. The van der Waals surface area contributed by atoms with Gasteiger partial charge in [0.2, 0.25) is 15.9 Å². The summed E-state index contributed by atoms with van der Waals surface area (Å²) in [5, 5.41) is 0. The zero-order valence-electron chi connectivity index (χ0n) is 14.1. The van der Waals surface area contributed by atoms with Crippen molar-refractivity contribution in [1.29, 1.82) is 0 Å². The van der Waals surface area contributed by atoms with Crippen LogP contribution in [0.4, 0.5) is 0 Å². The van der Waals surface area contributed by atoms with Crippen LogP contribution in [0.15, 0.2) is 22.8 Å². The van der Waals surface area contributed by atoms with Crippen molar-refractivity contribution in [2.45, 2.75) is 19.4 Å². The Morgan fingerprint density at radius 1 is 1.17 bits per heavy atom. The highest BCUT2D eigenvalue weighted by atomic mass is 32.2. The van der Waals surface area contributed by atoms with Crippen LogP contribution in [0.2, 0.25) is 0 Å². The minimum absolute atomic E-state index is 0.0420. The summed E-state index contributed by atoms with van der Waals surface area (Å²) < 4.78 is 29.9. The SMILES string of the molecule is CS(=O)(=O)N1CCC(C(=O)N2CCN(Cc3ccco3)CC2)CC1. The molecule has 2 aliphatic heterocycles. The van der Waals surface area contributed by atoms with Crippen molar-refractivity contribution in [3.8, 4) is 0 Å². The van der Waals surface area contributed by atoms with Gasteiger partial charge < -0.3 is 9.32 Å². The fraction of sp³-hybridized carbons (Fsp3) is 0.688. The maximum Gasteiger partial charge on any atom is 0.225 e. The summed E-state index contributed by atoms with van der Waals surface area (Å²) in [6.07, 6.45) is 4.16. The molecule has 0 aliphatic carbocycles. The van der Waals surface area contributed by atoms with Crippen LogP contribution in [0.1, 0.15) is 18.6 Å². The summed E-state index contributed by atoms with van der Waals surface area (Å²) in [5.41, 5.74) is 0. The van der Waals surface area contributed by atoms with Gasteiger partial charge in [-0.25, -0.2) is 12.7 Å². The van der Waals surface area contributed by atoms with Crippen LogP contribution in [0.25, 0.3) is 0 Å². The molecule has 0 N–H and O–H groups in total. The number of hydrogen-bond acceptors (Lipinski definition) is 5. The van der Waals surface area contributed by atoms with Gasteiger partial charge in [-0.05, 0) is 25.0 Å². The van der Waals surface area contributed by atoms with Crippen molar-refractivity contribution in [3.63, 3.8) is 0 Å². The van der Waals surface area contributed by atoms with E-state index in [1.165, 1.54) is 10.6 Å². The second kappa shape index (κ2) is 7.25. The highest BCUT2D eigenvalue weighted by Gasteiger charge is 2.32. The molecule has 1 amide bonds. The molecule has 3 heterocycles. The summed E-state index contributed by atoms with van der Waals surface area (Å²) in [6.45, 7) is 4.82. The lowest BCUT2D eigenvalue weighted by Crippen LogP contribution is -2.51. The summed E-state index contributed by atoms with van der Waals surface area (Å²) >= 11 is 0. The Morgan fingerprint density at radius 2 is 1.83 bits per heavy atom. The van der Waals surface area contributed by atoms with Gasteiger partial charge in [0.1, 0.15) is 5.76 Å². The van der Waals surface area contributed by atoms with Crippen molar-refractivity contribution >= 4 is 15.9 Å². The summed E-state index contributed by atoms with van der Waals surface area (Å²) in [7, 11) is -3.14. The monoisotopic (exact) mass is 355 g/mol. The Kier molecular flexibility index (Phi) is 5.27. The first-order valence-corrected chi connectivity index (χ1v) is 10.3. The first-order valence-electron chi connectivity index (χ1n) is 8.42. The zero-order valence-corrected chi connectivity index (χ0v) is 14.9. The number of rotatable bonds is 4. The molecule has 1 aromatic rings. The average Bonchev–Trinajstić information content (AvgIpc) is 3.07. The van der Waals surface area contributed by atoms with Crippen LogP contribution in [-0.2, 0) is 21.4 Å². The van der Waals surface area contributed by atoms with Crippen molar-refractivity contribution in [1.82, 2.24) is 14.1 Å². The molecule has 3 rings (SSSR count). The topological polar surface area (TPSA) is 74.1 Å². The lowest BCUT2D eigenvalue weighted by Gasteiger charge is -2.38. The molecular formula is C16H25N3O4S. The number of nitrogens with zero attached hydrogens (tertiary/aromatic N) is 3. The molecule has 2 aliphatic rings. The third-order valence-corrected chi connectivity index (χ3v) is 6.22. The molecule has 8 heteroatoms. The molecule has 0 bridgehead atoms. The molecule has 2 saturated heterocycles. The molecule has 7 nitrogen and oxygen atoms in total. The van der Waals surface area contributed by atoms with Gasteiger partial charge in [-0.2, -0.15) is 0 Å². The van der Waals surface area contributed by atoms with Gasteiger partial charge in [-0.3, -0.25) is 9.69 Å². The molecule has 0 unspecified atom stereocenters. The average molecular weight is 355 g/mol. The number of hydrogen-bond donors (Lipinski definition) is 0. The van der Waals surface area contributed by atoms with Crippen molar-refractivity contribution < 1.29 is 17.6 Å². The highest BCUT2D eigenvalue weighted by molar-refractivity contribution is 7.88. The molecule has 0 atom stereocenters.